The minimum Gasteiger partial charge on any atom is -0.338 e. The van der Waals surface area contributed by atoms with Crippen LogP contribution in [0.3, 0.4) is 0 Å². The van der Waals surface area contributed by atoms with Crippen molar-refractivity contribution in [2.75, 3.05) is 32.7 Å². The fraction of sp³-hybridized carbons (Fsp3) is 0.625. The van der Waals surface area contributed by atoms with Gasteiger partial charge in [-0.15, -0.1) is 0 Å². The van der Waals surface area contributed by atoms with Gasteiger partial charge in [0.25, 0.3) is 0 Å². The van der Waals surface area contributed by atoms with Crippen molar-refractivity contribution in [2.24, 2.45) is 11.3 Å². The van der Waals surface area contributed by atoms with Gasteiger partial charge in [-0.1, -0.05) is 70.2 Å². The average Bonchev–Trinajstić information content (AvgIpc) is 3.10. The molecule has 0 aliphatic carbocycles. The SMILES string of the molecule is CC(CC(=O)N(C/C=C/c1ccccc1)CCN1CCCC1)CC(C)(C)C. The summed E-state index contributed by atoms with van der Waals surface area (Å²) < 4.78 is 0. The first kappa shape index (κ1) is 21.7. The lowest BCUT2D eigenvalue weighted by Crippen LogP contribution is -2.38. The quantitative estimate of drug-likeness (QED) is 0.605. The Labute approximate surface area is 166 Å². The van der Waals surface area contributed by atoms with Crippen molar-refractivity contribution in [1.29, 1.82) is 0 Å². The van der Waals surface area contributed by atoms with Crippen molar-refractivity contribution < 1.29 is 4.79 Å². The molecule has 0 radical (unpaired) electrons. The third-order valence-electron chi connectivity index (χ3n) is 5.16. The zero-order chi connectivity index (χ0) is 19.7. The summed E-state index contributed by atoms with van der Waals surface area (Å²) >= 11 is 0. The lowest BCUT2D eigenvalue weighted by Gasteiger charge is -2.28. The highest BCUT2D eigenvalue weighted by molar-refractivity contribution is 5.76. The predicted molar refractivity (Wildman–Crippen MR) is 116 cm³/mol. The Bertz CT molecular complexity index is 582. The van der Waals surface area contributed by atoms with Crippen LogP contribution in [-0.4, -0.2) is 48.4 Å². The van der Waals surface area contributed by atoms with Gasteiger partial charge >= 0.3 is 0 Å². The van der Waals surface area contributed by atoms with Gasteiger partial charge in [0, 0.05) is 26.1 Å². The van der Waals surface area contributed by atoms with Crippen molar-refractivity contribution >= 4 is 12.0 Å². The molecule has 0 N–H and O–H groups in total. The number of nitrogens with zero attached hydrogens (tertiary/aromatic N) is 2. The molecule has 27 heavy (non-hydrogen) atoms. The van der Waals surface area contributed by atoms with Crippen molar-refractivity contribution in [1.82, 2.24) is 9.80 Å². The smallest absolute Gasteiger partial charge is 0.223 e. The molecule has 1 atom stereocenters. The molecule has 1 unspecified atom stereocenters. The third kappa shape index (κ3) is 8.75. The zero-order valence-corrected chi connectivity index (χ0v) is 17.8. The van der Waals surface area contributed by atoms with Gasteiger partial charge in [0.05, 0.1) is 0 Å². The van der Waals surface area contributed by atoms with Gasteiger partial charge in [0.15, 0.2) is 0 Å². The van der Waals surface area contributed by atoms with E-state index in [1.54, 1.807) is 0 Å². The molecule has 3 heteroatoms. The molecule has 0 spiro atoms. The number of hydrogen-bond acceptors (Lipinski definition) is 2. The molecular weight excluding hydrogens is 332 g/mol. The summed E-state index contributed by atoms with van der Waals surface area (Å²) in [6.07, 6.45) is 8.57. The van der Waals surface area contributed by atoms with Crippen LogP contribution in [0.4, 0.5) is 0 Å². The summed E-state index contributed by atoms with van der Waals surface area (Å²) in [7, 11) is 0. The summed E-state index contributed by atoms with van der Waals surface area (Å²) in [5.74, 6) is 0.716. The number of carbonyl (C=O) groups is 1. The molecule has 0 aromatic heterocycles. The van der Waals surface area contributed by atoms with Gasteiger partial charge in [-0.3, -0.25) is 4.79 Å². The largest absolute Gasteiger partial charge is 0.338 e. The Kier molecular flexibility index (Phi) is 8.56. The molecule has 3 nitrogen and oxygen atoms in total. The second kappa shape index (κ2) is 10.7. The highest BCUT2D eigenvalue weighted by Crippen LogP contribution is 2.26. The minimum absolute atomic E-state index is 0.271. The molecule has 1 fully saturated rings. The van der Waals surface area contributed by atoms with E-state index in [0.29, 0.717) is 24.8 Å². The monoisotopic (exact) mass is 370 g/mol. The molecule has 0 bridgehead atoms. The normalized spacial score (nSPS) is 16.7. The second-order valence-electron chi connectivity index (χ2n) is 9.28. The number of carbonyl (C=O) groups excluding carboxylic acids is 1. The highest BCUT2D eigenvalue weighted by atomic mass is 16.2. The molecule has 1 aliphatic heterocycles. The minimum atomic E-state index is 0.271. The van der Waals surface area contributed by atoms with E-state index in [2.05, 4.69) is 61.8 Å². The summed E-state index contributed by atoms with van der Waals surface area (Å²) in [5, 5.41) is 0. The Morgan fingerprint density at radius 2 is 1.85 bits per heavy atom. The van der Waals surface area contributed by atoms with E-state index >= 15 is 0 Å². The van der Waals surface area contributed by atoms with Crippen LogP contribution in [-0.2, 0) is 4.79 Å². The molecule has 1 heterocycles. The number of rotatable bonds is 9. The van der Waals surface area contributed by atoms with Crippen LogP contribution in [0.2, 0.25) is 0 Å². The first-order valence-corrected chi connectivity index (χ1v) is 10.6. The van der Waals surface area contributed by atoms with Crippen LogP contribution in [0.25, 0.3) is 6.08 Å². The number of benzene rings is 1. The van der Waals surface area contributed by atoms with Crippen molar-refractivity contribution in [3.8, 4) is 0 Å². The number of likely N-dealkylation sites (tertiary alicyclic amines) is 1. The fourth-order valence-electron chi connectivity index (χ4n) is 4.01. The van der Waals surface area contributed by atoms with Crippen LogP contribution in [0.5, 0.6) is 0 Å². The van der Waals surface area contributed by atoms with E-state index in [1.807, 2.05) is 18.2 Å². The van der Waals surface area contributed by atoms with E-state index in [-0.39, 0.29) is 5.41 Å². The summed E-state index contributed by atoms with van der Waals surface area (Å²) in [5.41, 5.74) is 1.46. The maximum absolute atomic E-state index is 13.0. The molecule has 1 saturated heterocycles. The second-order valence-corrected chi connectivity index (χ2v) is 9.28. The molecule has 2 rings (SSSR count). The van der Waals surface area contributed by atoms with Crippen LogP contribution in [0.1, 0.15) is 58.9 Å². The lowest BCUT2D eigenvalue weighted by atomic mass is 9.84. The van der Waals surface area contributed by atoms with E-state index < -0.39 is 0 Å². The summed E-state index contributed by atoms with van der Waals surface area (Å²) in [6.45, 7) is 13.9. The molecule has 1 aliphatic rings. The topological polar surface area (TPSA) is 23.6 Å². The lowest BCUT2D eigenvalue weighted by molar-refractivity contribution is -0.131. The standard InChI is InChI=1S/C24H38N2O/c1-21(20-24(2,3)4)19-23(27)26(18-17-25-14-8-9-15-25)16-10-13-22-11-6-5-7-12-22/h5-7,10-13,21H,8-9,14-20H2,1-4H3/b13-10+. The number of amides is 1. The van der Waals surface area contributed by atoms with Gasteiger partial charge in [0.1, 0.15) is 0 Å². The molecule has 150 valence electrons. The molecular formula is C24H38N2O. The Morgan fingerprint density at radius 3 is 2.48 bits per heavy atom. The van der Waals surface area contributed by atoms with Crippen LogP contribution in [0.15, 0.2) is 36.4 Å². The first-order chi connectivity index (χ1) is 12.8. The van der Waals surface area contributed by atoms with Crippen LogP contribution >= 0.6 is 0 Å². The van der Waals surface area contributed by atoms with Crippen molar-refractivity contribution in [3.63, 3.8) is 0 Å². The molecule has 1 aromatic carbocycles. The maximum Gasteiger partial charge on any atom is 0.223 e. The van der Waals surface area contributed by atoms with E-state index in [4.69, 9.17) is 0 Å². The Hall–Kier alpha value is -1.61. The van der Waals surface area contributed by atoms with Crippen LogP contribution < -0.4 is 0 Å². The number of hydrogen-bond donors (Lipinski definition) is 0. The van der Waals surface area contributed by atoms with E-state index in [1.165, 1.54) is 31.5 Å². The molecule has 0 saturated carbocycles. The molecule has 1 aromatic rings. The third-order valence-corrected chi connectivity index (χ3v) is 5.16. The van der Waals surface area contributed by atoms with Gasteiger partial charge < -0.3 is 9.80 Å². The Morgan fingerprint density at radius 1 is 1.19 bits per heavy atom. The average molecular weight is 371 g/mol. The van der Waals surface area contributed by atoms with E-state index in [0.717, 1.165) is 19.5 Å². The van der Waals surface area contributed by atoms with Crippen molar-refractivity contribution in [2.45, 2.75) is 53.4 Å². The predicted octanol–water partition coefficient (Wildman–Crippen LogP) is 5.09. The first-order valence-electron chi connectivity index (χ1n) is 10.6. The summed E-state index contributed by atoms with van der Waals surface area (Å²) in [6, 6.07) is 10.3. The fourth-order valence-corrected chi connectivity index (χ4v) is 4.01. The Balaban J connectivity index is 1.92. The van der Waals surface area contributed by atoms with Crippen LogP contribution in [0, 0.1) is 11.3 Å². The molecule has 1 amide bonds. The summed E-state index contributed by atoms with van der Waals surface area (Å²) in [4.78, 5) is 17.5. The maximum atomic E-state index is 13.0. The zero-order valence-electron chi connectivity index (χ0n) is 17.8. The van der Waals surface area contributed by atoms with E-state index in [9.17, 15) is 4.79 Å². The van der Waals surface area contributed by atoms with Crippen molar-refractivity contribution in [3.05, 3.63) is 42.0 Å². The van der Waals surface area contributed by atoms with Gasteiger partial charge in [-0.25, -0.2) is 0 Å². The van der Waals surface area contributed by atoms with Gasteiger partial charge in [-0.05, 0) is 49.2 Å². The highest BCUT2D eigenvalue weighted by Gasteiger charge is 2.21. The van der Waals surface area contributed by atoms with Gasteiger partial charge in [0.2, 0.25) is 5.91 Å². The van der Waals surface area contributed by atoms with Gasteiger partial charge in [-0.2, -0.15) is 0 Å².